The zero-order chi connectivity index (χ0) is 6.69. The summed E-state index contributed by atoms with van der Waals surface area (Å²) in [7, 11) is 0. The SMILES string of the molecule is C=CCC1=CC=CC1=C. The molecule has 9 heavy (non-hydrogen) atoms. The van der Waals surface area contributed by atoms with Crippen LogP contribution in [0.15, 0.2) is 48.6 Å². The van der Waals surface area contributed by atoms with Gasteiger partial charge in [-0.3, -0.25) is 0 Å². The topological polar surface area (TPSA) is 0 Å². The molecular formula is C9H10. The van der Waals surface area contributed by atoms with E-state index in [-0.39, 0.29) is 0 Å². The van der Waals surface area contributed by atoms with E-state index in [2.05, 4.69) is 19.2 Å². The summed E-state index contributed by atoms with van der Waals surface area (Å²) in [6, 6.07) is 0. The lowest BCUT2D eigenvalue weighted by atomic mass is 10.1. The molecule has 0 nitrogen and oxygen atoms in total. The van der Waals surface area contributed by atoms with Crippen LogP contribution in [0.1, 0.15) is 6.42 Å². The molecule has 1 aliphatic carbocycles. The van der Waals surface area contributed by atoms with Gasteiger partial charge in [0.05, 0.1) is 0 Å². The fraction of sp³-hybridized carbons (Fsp3) is 0.111. The average Bonchev–Trinajstić information content (AvgIpc) is 2.18. The van der Waals surface area contributed by atoms with Crippen LogP contribution in [0.5, 0.6) is 0 Å². The molecule has 0 heteroatoms. The maximum atomic E-state index is 3.85. The number of allylic oxidation sites excluding steroid dienone is 6. The molecule has 0 unspecified atom stereocenters. The fourth-order valence-electron chi connectivity index (χ4n) is 0.849. The second kappa shape index (κ2) is 2.49. The summed E-state index contributed by atoms with van der Waals surface area (Å²) < 4.78 is 0. The second-order valence-electron chi connectivity index (χ2n) is 2.07. The van der Waals surface area contributed by atoms with Gasteiger partial charge in [-0.05, 0) is 17.6 Å². The predicted octanol–water partition coefficient (Wildman–Crippen LogP) is 2.61. The molecular weight excluding hydrogens is 108 g/mol. The molecule has 0 radical (unpaired) electrons. The van der Waals surface area contributed by atoms with Crippen LogP contribution in [0.4, 0.5) is 0 Å². The van der Waals surface area contributed by atoms with Gasteiger partial charge in [-0.2, -0.15) is 0 Å². The Balaban J connectivity index is 2.64. The van der Waals surface area contributed by atoms with Crippen LogP contribution < -0.4 is 0 Å². The fourth-order valence-corrected chi connectivity index (χ4v) is 0.849. The van der Waals surface area contributed by atoms with Gasteiger partial charge >= 0.3 is 0 Å². The molecule has 0 bridgehead atoms. The molecule has 46 valence electrons. The third-order valence-electron chi connectivity index (χ3n) is 1.37. The Morgan fingerprint density at radius 1 is 1.56 bits per heavy atom. The number of hydrogen-bond acceptors (Lipinski definition) is 0. The van der Waals surface area contributed by atoms with Gasteiger partial charge in [0.15, 0.2) is 0 Å². The lowest BCUT2D eigenvalue weighted by Crippen LogP contribution is -1.76. The Labute approximate surface area is 55.9 Å². The van der Waals surface area contributed by atoms with Crippen molar-refractivity contribution in [1.82, 2.24) is 0 Å². The van der Waals surface area contributed by atoms with Gasteiger partial charge in [-0.1, -0.05) is 30.9 Å². The first kappa shape index (κ1) is 6.09. The monoisotopic (exact) mass is 118 g/mol. The smallest absolute Gasteiger partial charge is 0.00944 e. The van der Waals surface area contributed by atoms with Gasteiger partial charge in [0, 0.05) is 0 Å². The van der Waals surface area contributed by atoms with Crippen LogP contribution in [-0.2, 0) is 0 Å². The molecule has 0 aromatic rings. The summed E-state index contributed by atoms with van der Waals surface area (Å²) in [4.78, 5) is 0. The van der Waals surface area contributed by atoms with Crippen molar-refractivity contribution < 1.29 is 0 Å². The van der Waals surface area contributed by atoms with Gasteiger partial charge in [0.2, 0.25) is 0 Å². The molecule has 1 aliphatic rings. The van der Waals surface area contributed by atoms with Gasteiger partial charge in [0.1, 0.15) is 0 Å². The summed E-state index contributed by atoms with van der Waals surface area (Å²) in [6.07, 6.45) is 8.93. The summed E-state index contributed by atoms with van der Waals surface area (Å²) in [5.41, 5.74) is 2.40. The third-order valence-corrected chi connectivity index (χ3v) is 1.37. The highest BCUT2D eigenvalue weighted by atomic mass is 14.0. The van der Waals surface area contributed by atoms with Crippen molar-refractivity contribution >= 4 is 0 Å². The minimum absolute atomic E-state index is 0.936. The van der Waals surface area contributed by atoms with Crippen molar-refractivity contribution in [2.45, 2.75) is 6.42 Å². The summed E-state index contributed by atoms with van der Waals surface area (Å²) in [6.45, 7) is 7.50. The van der Waals surface area contributed by atoms with E-state index in [0.717, 1.165) is 12.0 Å². The molecule has 0 spiro atoms. The van der Waals surface area contributed by atoms with Crippen LogP contribution in [0, 0.1) is 0 Å². The average molecular weight is 118 g/mol. The van der Waals surface area contributed by atoms with Crippen LogP contribution in [0.2, 0.25) is 0 Å². The quantitative estimate of drug-likeness (QED) is 0.489. The highest BCUT2D eigenvalue weighted by molar-refractivity contribution is 5.47. The van der Waals surface area contributed by atoms with Crippen molar-refractivity contribution in [1.29, 1.82) is 0 Å². The Hall–Kier alpha value is -1.04. The maximum absolute atomic E-state index is 3.85. The Bertz CT molecular complexity index is 192. The number of hydrogen-bond donors (Lipinski definition) is 0. The highest BCUT2D eigenvalue weighted by Gasteiger charge is 1.99. The van der Waals surface area contributed by atoms with Crippen LogP contribution in [0.25, 0.3) is 0 Å². The lowest BCUT2D eigenvalue weighted by molar-refractivity contribution is 1.28. The molecule has 0 fully saturated rings. The zero-order valence-corrected chi connectivity index (χ0v) is 5.43. The number of rotatable bonds is 2. The van der Waals surface area contributed by atoms with E-state index >= 15 is 0 Å². The van der Waals surface area contributed by atoms with E-state index in [4.69, 9.17) is 0 Å². The standard InChI is InChI=1S/C9H10/c1-3-5-9-7-4-6-8(9)2/h3-4,6-7H,1-2,5H2. The van der Waals surface area contributed by atoms with Crippen molar-refractivity contribution in [2.24, 2.45) is 0 Å². The van der Waals surface area contributed by atoms with Gasteiger partial charge < -0.3 is 0 Å². The molecule has 0 saturated heterocycles. The van der Waals surface area contributed by atoms with Crippen molar-refractivity contribution in [3.63, 3.8) is 0 Å². The van der Waals surface area contributed by atoms with Crippen LogP contribution in [-0.4, -0.2) is 0 Å². The predicted molar refractivity (Wildman–Crippen MR) is 41.2 cm³/mol. The second-order valence-corrected chi connectivity index (χ2v) is 2.07. The third kappa shape index (κ3) is 1.20. The van der Waals surface area contributed by atoms with E-state index in [1.807, 2.05) is 18.2 Å². The van der Waals surface area contributed by atoms with E-state index in [0.29, 0.717) is 0 Å². The molecule has 1 rings (SSSR count). The molecule has 0 atom stereocenters. The minimum Gasteiger partial charge on any atom is -0.103 e. The van der Waals surface area contributed by atoms with E-state index in [9.17, 15) is 0 Å². The Morgan fingerprint density at radius 2 is 2.33 bits per heavy atom. The summed E-state index contributed by atoms with van der Waals surface area (Å²) in [5.74, 6) is 0. The van der Waals surface area contributed by atoms with E-state index < -0.39 is 0 Å². The normalized spacial score (nSPS) is 16.0. The van der Waals surface area contributed by atoms with Gasteiger partial charge in [0.25, 0.3) is 0 Å². The molecule has 0 amide bonds. The molecule has 0 saturated carbocycles. The highest BCUT2D eigenvalue weighted by Crippen LogP contribution is 2.19. The van der Waals surface area contributed by atoms with Crippen molar-refractivity contribution in [3.05, 3.63) is 48.6 Å². The summed E-state index contributed by atoms with van der Waals surface area (Å²) in [5, 5.41) is 0. The first-order valence-corrected chi connectivity index (χ1v) is 3.02. The zero-order valence-electron chi connectivity index (χ0n) is 5.43. The molecule has 0 aromatic carbocycles. The summed E-state index contributed by atoms with van der Waals surface area (Å²) >= 11 is 0. The van der Waals surface area contributed by atoms with E-state index in [1.165, 1.54) is 5.57 Å². The van der Waals surface area contributed by atoms with Crippen molar-refractivity contribution in [3.8, 4) is 0 Å². The Kier molecular flexibility index (Phi) is 1.69. The Morgan fingerprint density at radius 3 is 2.78 bits per heavy atom. The first-order chi connectivity index (χ1) is 4.34. The van der Waals surface area contributed by atoms with Crippen molar-refractivity contribution in [2.75, 3.05) is 0 Å². The van der Waals surface area contributed by atoms with Gasteiger partial charge in [-0.25, -0.2) is 0 Å². The lowest BCUT2D eigenvalue weighted by Gasteiger charge is -1.95. The van der Waals surface area contributed by atoms with Crippen LogP contribution in [0.3, 0.4) is 0 Å². The molecule has 0 heterocycles. The maximum Gasteiger partial charge on any atom is -0.00944 e. The minimum atomic E-state index is 0.936. The first-order valence-electron chi connectivity index (χ1n) is 3.02. The van der Waals surface area contributed by atoms with E-state index in [1.54, 1.807) is 0 Å². The molecule has 0 aliphatic heterocycles. The molecule has 0 N–H and O–H groups in total. The van der Waals surface area contributed by atoms with Crippen LogP contribution >= 0.6 is 0 Å². The molecule has 0 aromatic heterocycles. The van der Waals surface area contributed by atoms with Gasteiger partial charge in [-0.15, -0.1) is 6.58 Å². The largest absolute Gasteiger partial charge is 0.103 e.